The Morgan fingerprint density at radius 3 is 2.08 bits per heavy atom. The molecule has 0 aliphatic heterocycles. The number of pyridine rings is 1. The third-order valence-electron chi connectivity index (χ3n) is 2.19. The first-order valence-corrected chi connectivity index (χ1v) is 4.78. The molecule has 0 amide bonds. The highest BCUT2D eigenvalue weighted by Gasteiger charge is 2.07. The molecule has 13 heavy (non-hydrogen) atoms. The van der Waals surface area contributed by atoms with Crippen molar-refractivity contribution in [1.82, 2.24) is 4.98 Å². The normalized spacial score (nSPS) is 11.2. The molecule has 0 aromatic carbocycles. The molecule has 1 rings (SSSR count). The second-order valence-electron chi connectivity index (χ2n) is 4.02. The molecule has 0 spiro atoms. The standard InChI is InChI=1S/C11H18N2/c1-7(2)9-5-6-10(8(3)4)13-11(9)12/h5-8H,1-4H3,(H2,12,13). The van der Waals surface area contributed by atoms with Gasteiger partial charge in [-0.15, -0.1) is 0 Å². The average molecular weight is 178 g/mol. The lowest BCUT2D eigenvalue weighted by Gasteiger charge is -2.11. The Morgan fingerprint density at radius 1 is 1.08 bits per heavy atom. The number of rotatable bonds is 2. The number of nitrogens with zero attached hydrogens (tertiary/aromatic N) is 1. The van der Waals surface area contributed by atoms with Gasteiger partial charge in [0, 0.05) is 5.69 Å². The first kappa shape index (κ1) is 10.0. The minimum atomic E-state index is 0.448. The van der Waals surface area contributed by atoms with Gasteiger partial charge in [0.05, 0.1) is 0 Å². The molecule has 1 aromatic heterocycles. The van der Waals surface area contributed by atoms with E-state index in [9.17, 15) is 0 Å². The fourth-order valence-electron chi connectivity index (χ4n) is 1.31. The molecule has 2 heteroatoms. The summed E-state index contributed by atoms with van der Waals surface area (Å²) in [5.74, 6) is 1.58. The highest BCUT2D eigenvalue weighted by molar-refractivity contribution is 5.42. The minimum Gasteiger partial charge on any atom is -0.383 e. The Labute approximate surface area is 80.2 Å². The molecule has 0 atom stereocenters. The van der Waals surface area contributed by atoms with Crippen LogP contribution in [0.5, 0.6) is 0 Å². The molecule has 1 heterocycles. The van der Waals surface area contributed by atoms with Crippen molar-refractivity contribution in [3.63, 3.8) is 0 Å². The second-order valence-corrected chi connectivity index (χ2v) is 4.02. The van der Waals surface area contributed by atoms with E-state index in [2.05, 4.69) is 44.8 Å². The Hall–Kier alpha value is -1.05. The Bertz CT molecular complexity index is 290. The topological polar surface area (TPSA) is 38.9 Å². The van der Waals surface area contributed by atoms with Gasteiger partial charge in [0.1, 0.15) is 5.82 Å². The van der Waals surface area contributed by atoms with E-state index < -0.39 is 0 Å². The predicted molar refractivity (Wildman–Crippen MR) is 56.8 cm³/mol. The number of hydrogen-bond acceptors (Lipinski definition) is 2. The molecule has 0 fully saturated rings. The second kappa shape index (κ2) is 3.77. The van der Waals surface area contributed by atoms with Crippen molar-refractivity contribution in [2.45, 2.75) is 39.5 Å². The van der Waals surface area contributed by atoms with Crippen molar-refractivity contribution < 1.29 is 0 Å². The molecule has 0 radical (unpaired) electrons. The zero-order chi connectivity index (χ0) is 10.0. The first-order valence-electron chi connectivity index (χ1n) is 4.78. The summed E-state index contributed by atoms with van der Waals surface area (Å²) in [5, 5.41) is 0. The van der Waals surface area contributed by atoms with Crippen molar-refractivity contribution in [2.24, 2.45) is 0 Å². The third-order valence-corrected chi connectivity index (χ3v) is 2.19. The number of nitrogens with two attached hydrogens (primary N) is 1. The molecule has 0 aliphatic rings. The summed E-state index contributed by atoms with van der Waals surface area (Å²) in [6, 6.07) is 4.15. The van der Waals surface area contributed by atoms with Gasteiger partial charge < -0.3 is 5.73 Å². The van der Waals surface area contributed by atoms with E-state index in [1.807, 2.05) is 0 Å². The van der Waals surface area contributed by atoms with Crippen LogP contribution in [-0.2, 0) is 0 Å². The summed E-state index contributed by atoms with van der Waals surface area (Å²) in [6.45, 7) is 8.50. The fourth-order valence-corrected chi connectivity index (χ4v) is 1.31. The van der Waals surface area contributed by atoms with Gasteiger partial charge in [-0.05, 0) is 23.5 Å². The average Bonchev–Trinajstić information content (AvgIpc) is 2.03. The van der Waals surface area contributed by atoms with Crippen molar-refractivity contribution in [3.8, 4) is 0 Å². The van der Waals surface area contributed by atoms with E-state index in [1.165, 1.54) is 0 Å². The van der Waals surface area contributed by atoms with Gasteiger partial charge in [0.15, 0.2) is 0 Å². The zero-order valence-corrected chi connectivity index (χ0v) is 8.83. The lowest BCUT2D eigenvalue weighted by molar-refractivity contribution is 0.807. The molecule has 0 bridgehead atoms. The Balaban J connectivity index is 3.06. The van der Waals surface area contributed by atoms with Crippen molar-refractivity contribution in [3.05, 3.63) is 23.4 Å². The van der Waals surface area contributed by atoms with Crippen LogP contribution in [0.25, 0.3) is 0 Å². The molecule has 0 unspecified atom stereocenters. The minimum absolute atomic E-state index is 0.448. The SMILES string of the molecule is CC(C)c1ccc(C(C)C)c(N)n1. The quantitative estimate of drug-likeness (QED) is 0.756. The van der Waals surface area contributed by atoms with Gasteiger partial charge in [0.25, 0.3) is 0 Å². The number of hydrogen-bond donors (Lipinski definition) is 1. The maximum absolute atomic E-state index is 5.85. The molecule has 0 saturated heterocycles. The van der Waals surface area contributed by atoms with E-state index in [-0.39, 0.29) is 0 Å². The van der Waals surface area contributed by atoms with E-state index in [1.54, 1.807) is 0 Å². The maximum atomic E-state index is 5.85. The monoisotopic (exact) mass is 178 g/mol. The van der Waals surface area contributed by atoms with Gasteiger partial charge in [0.2, 0.25) is 0 Å². The van der Waals surface area contributed by atoms with Gasteiger partial charge in [-0.2, -0.15) is 0 Å². The van der Waals surface area contributed by atoms with Crippen LogP contribution in [0, 0.1) is 0 Å². The largest absolute Gasteiger partial charge is 0.383 e. The summed E-state index contributed by atoms with van der Waals surface area (Å²) in [5.41, 5.74) is 8.06. The molecule has 72 valence electrons. The van der Waals surface area contributed by atoms with Crippen LogP contribution in [0.1, 0.15) is 50.8 Å². The summed E-state index contributed by atoms with van der Waals surface area (Å²) in [7, 11) is 0. The van der Waals surface area contributed by atoms with Crippen LogP contribution >= 0.6 is 0 Å². The van der Waals surface area contributed by atoms with Crippen molar-refractivity contribution in [1.29, 1.82) is 0 Å². The van der Waals surface area contributed by atoms with E-state index in [4.69, 9.17) is 5.73 Å². The summed E-state index contributed by atoms with van der Waals surface area (Å²) in [4.78, 5) is 4.37. The van der Waals surface area contributed by atoms with E-state index >= 15 is 0 Å². The van der Waals surface area contributed by atoms with Crippen LogP contribution in [0.2, 0.25) is 0 Å². The molecule has 2 N–H and O–H groups in total. The third kappa shape index (κ3) is 2.20. The summed E-state index contributed by atoms with van der Waals surface area (Å²) < 4.78 is 0. The Morgan fingerprint density at radius 2 is 1.69 bits per heavy atom. The van der Waals surface area contributed by atoms with E-state index in [0.717, 1.165) is 11.3 Å². The molecular formula is C11H18N2. The van der Waals surface area contributed by atoms with Crippen molar-refractivity contribution >= 4 is 5.82 Å². The van der Waals surface area contributed by atoms with Crippen LogP contribution in [-0.4, -0.2) is 4.98 Å². The highest BCUT2D eigenvalue weighted by atomic mass is 14.8. The van der Waals surface area contributed by atoms with Crippen LogP contribution in [0.4, 0.5) is 5.82 Å². The van der Waals surface area contributed by atoms with Crippen LogP contribution < -0.4 is 5.73 Å². The van der Waals surface area contributed by atoms with Gasteiger partial charge in [-0.25, -0.2) is 4.98 Å². The maximum Gasteiger partial charge on any atom is 0.127 e. The molecule has 1 aromatic rings. The van der Waals surface area contributed by atoms with Crippen molar-refractivity contribution in [2.75, 3.05) is 5.73 Å². The Kier molecular flexibility index (Phi) is 2.91. The highest BCUT2D eigenvalue weighted by Crippen LogP contribution is 2.22. The number of anilines is 1. The van der Waals surface area contributed by atoms with Crippen LogP contribution in [0.15, 0.2) is 12.1 Å². The van der Waals surface area contributed by atoms with Gasteiger partial charge in [-0.1, -0.05) is 33.8 Å². The number of nitrogen functional groups attached to an aromatic ring is 1. The summed E-state index contributed by atoms with van der Waals surface area (Å²) in [6.07, 6.45) is 0. The lowest BCUT2D eigenvalue weighted by Crippen LogP contribution is -2.03. The lowest BCUT2D eigenvalue weighted by atomic mass is 10.0. The predicted octanol–water partition coefficient (Wildman–Crippen LogP) is 2.91. The molecule has 2 nitrogen and oxygen atoms in total. The zero-order valence-electron chi connectivity index (χ0n) is 8.83. The van der Waals surface area contributed by atoms with Gasteiger partial charge in [-0.3, -0.25) is 0 Å². The van der Waals surface area contributed by atoms with Gasteiger partial charge >= 0.3 is 0 Å². The smallest absolute Gasteiger partial charge is 0.127 e. The molecule has 0 saturated carbocycles. The molecular weight excluding hydrogens is 160 g/mol. The first-order chi connectivity index (χ1) is 6.02. The molecule has 0 aliphatic carbocycles. The summed E-state index contributed by atoms with van der Waals surface area (Å²) >= 11 is 0. The van der Waals surface area contributed by atoms with E-state index in [0.29, 0.717) is 17.7 Å². The number of aromatic nitrogens is 1. The fraction of sp³-hybridized carbons (Fsp3) is 0.545. The van der Waals surface area contributed by atoms with Crippen LogP contribution in [0.3, 0.4) is 0 Å².